The summed E-state index contributed by atoms with van der Waals surface area (Å²) in [6.45, 7) is 8.21. The van der Waals surface area contributed by atoms with Crippen molar-refractivity contribution in [1.82, 2.24) is 16.0 Å². The topological polar surface area (TPSA) is 115 Å². The molecule has 1 aliphatic heterocycles. The highest BCUT2D eigenvalue weighted by Gasteiger charge is 2.71. The maximum atomic E-state index is 15.1. The van der Waals surface area contributed by atoms with Crippen molar-refractivity contribution in [3.63, 3.8) is 0 Å². The van der Waals surface area contributed by atoms with Crippen molar-refractivity contribution in [2.24, 2.45) is 39.2 Å². The van der Waals surface area contributed by atoms with Gasteiger partial charge in [0.25, 0.3) is 0 Å². The number of piperidine rings is 1. The van der Waals surface area contributed by atoms with Gasteiger partial charge in [0, 0.05) is 37.4 Å². The first-order valence-corrected chi connectivity index (χ1v) is 24.4. The number of amides is 2. The predicted molar refractivity (Wildman–Crippen MR) is 234 cm³/mol. The predicted octanol–water partition coefficient (Wildman–Crippen LogP) is 7.75. The van der Waals surface area contributed by atoms with E-state index in [0.717, 1.165) is 116 Å². The Hall–Kier alpha value is -2.78. The van der Waals surface area contributed by atoms with Gasteiger partial charge in [-0.15, -0.1) is 0 Å². The van der Waals surface area contributed by atoms with E-state index in [-0.39, 0.29) is 56.5 Å². The molecule has 10 aliphatic carbocycles. The van der Waals surface area contributed by atoms with Gasteiger partial charge in [-0.2, -0.15) is 0 Å². The van der Waals surface area contributed by atoms with Gasteiger partial charge in [0.15, 0.2) is 0 Å². The van der Waals surface area contributed by atoms with E-state index in [0.29, 0.717) is 37.0 Å². The number of carbonyl (C=O) groups is 2. The zero-order valence-corrected chi connectivity index (χ0v) is 36.6. The molecular formula is C52H72N4O4. The van der Waals surface area contributed by atoms with E-state index in [1.807, 2.05) is 0 Å². The standard InChI is InChI=1S/C52H72N4O4/c1-3-59-33-46-20-36-21-48(24-46,29-49(22-36,25-46)44(57)56-43-19-35-18-42(43)54-23-35)38-10-12-39(13-11-38)51-27-47(34-60-4-2)26-50(30-51,37-8-6-5-7-9-37)31-52(28-47,32-51)45(58)55-41-16-14-40(53)15-17-41/h5-13,35-36,40-43,54H,3-4,14-34,53H2,1-2H3,(H,55,58)(H,56,57)/t35?,36?,40?,41?,42?,43?,46-,47+,48+,49?,50-,51?,52?/m0/s1. The highest BCUT2D eigenvalue weighted by Crippen LogP contribution is 2.75. The lowest BCUT2D eigenvalue weighted by molar-refractivity contribution is -0.180. The molecule has 8 heteroatoms. The molecule has 0 aromatic heterocycles. The highest BCUT2D eigenvalue weighted by molar-refractivity contribution is 5.85. The van der Waals surface area contributed by atoms with Crippen molar-refractivity contribution in [3.05, 3.63) is 71.3 Å². The van der Waals surface area contributed by atoms with Crippen molar-refractivity contribution in [2.45, 2.75) is 170 Å². The van der Waals surface area contributed by atoms with Gasteiger partial charge in [-0.1, -0.05) is 54.6 Å². The zero-order chi connectivity index (χ0) is 41.0. The summed E-state index contributed by atoms with van der Waals surface area (Å²) in [5.74, 6) is 1.85. The lowest BCUT2D eigenvalue weighted by Gasteiger charge is -2.70. The van der Waals surface area contributed by atoms with Crippen LogP contribution in [0, 0.1) is 33.5 Å². The monoisotopic (exact) mass is 817 g/mol. The second-order valence-corrected chi connectivity index (χ2v) is 23.2. The first-order chi connectivity index (χ1) is 28.9. The Morgan fingerprint density at radius 2 is 1.23 bits per heavy atom. The summed E-state index contributed by atoms with van der Waals surface area (Å²) in [6.07, 6.45) is 18.5. The number of ether oxygens (including phenoxy) is 2. The first-order valence-electron chi connectivity index (χ1n) is 24.4. The Morgan fingerprint density at radius 1 is 0.633 bits per heavy atom. The molecule has 10 saturated carbocycles. The summed E-state index contributed by atoms with van der Waals surface area (Å²) in [5.41, 5.74) is 9.43. The largest absolute Gasteiger partial charge is 0.381 e. The molecule has 11 aliphatic rings. The Kier molecular flexibility index (Phi) is 9.59. The second-order valence-electron chi connectivity index (χ2n) is 23.2. The molecule has 1 saturated heterocycles. The molecule has 7 unspecified atom stereocenters. The molecule has 1 heterocycles. The maximum Gasteiger partial charge on any atom is 0.226 e. The normalized spacial score (nSPS) is 45.6. The summed E-state index contributed by atoms with van der Waals surface area (Å²) >= 11 is 0. The fourth-order valence-electron chi connectivity index (χ4n) is 17.8. The Bertz CT molecular complexity index is 1970. The molecule has 2 aromatic rings. The molecule has 60 heavy (non-hydrogen) atoms. The van der Waals surface area contributed by atoms with Crippen molar-refractivity contribution in [2.75, 3.05) is 33.0 Å². The van der Waals surface area contributed by atoms with Gasteiger partial charge in [-0.3, -0.25) is 9.59 Å². The molecule has 0 radical (unpaired) electrons. The number of fused-ring (bicyclic) bond motifs is 2. The molecule has 13 rings (SSSR count). The summed E-state index contributed by atoms with van der Waals surface area (Å²) in [4.78, 5) is 29.9. The lowest BCUT2D eigenvalue weighted by Crippen LogP contribution is -2.68. The number of hydrogen-bond donors (Lipinski definition) is 4. The number of benzene rings is 2. The number of hydrogen-bond acceptors (Lipinski definition) is 6. The zero-order valence-electron chi connectivity index (χ0n) is 36.6. The minimum absolute atomic E-state index is 0.0358. The van der Waals surface area contributed by atoms with Crippen LogP contribution in [-0.2, 0) is 35.3 Å². The van der Waals surface area contributed by atoms with Gasteiger partial charge in [-0.25, -0.2) is 0 Å². The SMILES string of the molecule is CCOC[C@]12CC3CC(C(=O)NC4CC5CNC4C5)(C1)C[C@@](c1ccc(C45CC6(C(=O)NC7CCC(N)CC7)C[C@](COCC)(C4)C[C@@](c4ccccc4)(C6)C5)cc1)(C3)C2. The molecular weight excluding hydrogens is 745 g/mol. The summed E-state index contributed by atoms with van der Waals surface area (Å²) in [5, 5.41) is 11.0. The Balaban J connectivity index is 0.950. The lowest BCUT2D eigenvalue weighted by atomic mass is 9.33. The van der Waals surface area contributed by atoms with Crippen molar-refractivity contribution in [1.29, 1.82) is 0 Å². The van der Waals surface area contributed by atoms with Gasteiger partial charge in [0.05, 0.1) is 24.0 Å². The summed E-state index contributed by atoms with van der Waals surface area (Å²) in [7, 11) is 0. The van der Waals surface area contributed by atoms with Crippen LogP contribution < -0.4 is 21.7 Å². The molecule has 0 spiro atoms. The average molecular weight is 817 g/mol. The first kappa shape index (κ1) is 40.0. The van der Waals surface area contributed by atoms with Crippen LogP contribution in [0.25, 0.3) is 0 Å². The van der Waals surface area contributed by atoms with E-state index in [1.165, 1.54) is 36.0 Å². The number of rotatable bonds is 13. The molecule has 324 valence electrons. The second kappa shape index (κ2) is 14.4. The number of nitrogens with two attached hydrogens (primary N) is 1. The van der Waals surface area contributed by atoms with Crippen LogP contribution in [0.5, 0.6) is 0 Å². The third kappa shape index (κ3) is 6.40. The minimum atomic E-state index is -0.459. The molecule has 2 amide bonds. The van der Waals surface area contributed by atoms with Gasteiger partial charge in [0.2, 0.25) is 11.8 Å². The fourth-order valence-corrected chi connectivity index (χ4v) is 17.8. The molecule has 8 nitrogen and oxygen atoms in total. The highest BCUT2D eigenvalue weighted by atomic mass is 16.5. The van der Waals surface area contributed by atoms with Crippen LogP contribution in [0.4, 0.5) is 0 Å². The van der Waals surface area contributed by atoms with Crippen LogP contribution in [0.2, 0.25) is 0 Å². The Labute approximate surface area is 359 Å². The summed E-state index contributed by atoms with van der Waals surface area (Å²) in [6, 6.07) is 22.3. The Morgan fingerprint density at radius 3 is 1.88 bits per heavy atom. The minimum Gasteiger partial charge on any atom is -0.381 e. The van der Waals surface area contributed by atoms with Crippen LogP contribution >= 0.6 is 0 Å². The van der Waals surface area contributed by atoms with E-state index < -0.39 is 5.41 Å². The van der Waals surface area contributed by atoms with Gasteiger partial charge >= 0.3 is 0 Å². The maximum absolute atomic E-state index is 15.1. The van der Waals surface area contributed by atoms with Gasteiger partial charge in [-0.05, 0) is 192 Å². The van der Waals surface area contributed by atoms with E-state index in [2.05, 4.69) is 84.4 Å². The van der Waals surface area contributed by atoms with Gasteiger partial charge in [0.1, 0.15) is 0 Å². The number of carbonyl (C=O) groups excluding carboxylic acids is 2. The molecule has 5 N–H and O–H groups in total. The summed E-state index contributed by atoms with van der Waals surface area (Å²) < 4.78 is 12.8. The van der Waals surface area contributed by atoms with Crippen molar-refractivity contribution < 1.29 is 19.1 Å². The van der Waals surface area contributed by atoms with Crippen LogP contribution in [0.1, 0.15) is 146 Å². The van der Waals surface area contributed by atoms with E-state index >= 15 is 4.79 Å². The van der Waals surface area contributed by atoms with Crippen LogP contribution in [-0.4, -0.2) is 69.0 Å². The molecule has 10 bridgehead atoms. The van der Waals surface area contributed by atoms with Crippen LogP contribution in [0.15, 0.2) is 54.6 Å². The third-order valence-electron chi connectivity index (χ3n) is 18.8. The quantitative estimate of drug-likeness (QED) is 0.165. The van der Waals surface area contributed by atoms with E-state index in [9.17, 15) is 4.79 Å². The van der Waals surface area contributed by atoms with E-state index in [1.54, 1.807) is 0 Å². The van der Waals surface area contributed by atoms with Gasteiger partial charge < -0.3 is 31.2 Å². The van der Waals surface area contributed by atoms with Crippen molar-refractivity contribution >= 4 is 11.8 Å². The average Bonchev–Trinajstić information content (AvgIpc) is 3.87. The smallest absolute Gasteiger partial charge is 0.226 e. The van der Waals surface area contributed by atoms with Crippen LogP contribution in [0.3, 0.4) is 0 Å². The molecule has 11 fully saturated rings. The number of nitrogens with one attached hydrogen (secondary N) is 3. The van der Waals surface area contributed by atoms with E-state index in [4.69, 9.17) is 15.2 Å². The molecule has 2 aromatic carbocycles. The molecule has 11 atom stereocenters. The van der Waals surface area contributed by atoms with Crippen molar-refractivity contribution in [3.8, 4) is 0 Å². The third-order valence-corrected chi connectivity index (χ3v) is 18.8. The fraction of sp³-hybridized carbons (Fsp3) is 0.731.